The molecular formula is C33H41N3O6S. The van der Waals surface area contributed by atoms with Crippen LogP contribution in [0.1, 0.15) is 42.4 Å². The van der Waals surface area contributed by atoms with Crippen LogP contribution in [-0.2, 0) is 32.6 Å². The van der Waals surface area contributed by atoms with E-state index in [0.717, 1.165) is 52.9 Å². The molecule has 3 aromatic carbocycles. The number of methoxy groups -OCH3 is 2. The highest BCUT2D eigenvalue weighted by Gasteiger charge is 2.35. The number of sulfonamides is 1. The summed E-state index contributed by atoms with van der Waals surface area (Å²) in [5, 5.41) is 3.18. The fraction of sp³-hybridized carbons (Fsp3) is 0.394. The minimum atomic E-state index is -3.96. The molecule has 2 amide bonds. The van der Waals surface area contributed by atoms with E-state index in [1.807, 2.05) is 61.5 Å². The molecule has 43 heavy (non-hydrogen) atoms. The molecule has 1 saturated carbocycles. The fourth-order valence-electron chi connectivity index (χ4n) is 5.48. The van der Waals surface area contributed by atoms with Crippen molar-refractivity contribution in [2.24, 2.45) is 0 Å². The molecule has 0 spiro atoms. The summed E-state index contributed by atoms with van der Waals surface area (Å²) < 4.78 is 38.2. The van der Waals surface area contributed by atoms with E-state index in [2.05, 4.69) is 5.32 Å². The number of benzene rings is 3. The molecule has 3 aromatic rings. The van der Waals surface area contributed by atoms with Crippen LogP contribution in [-0.4, -0.2) is 64.2 Å². The quantitative estimate of drug-likeness (QED) is 0.307. The monoisotopic (exact) mass is 607 g/mol. The summed E-state index contributed by atoms with van der Waals surface area (Å²) >= 11 is 0. The summed E-state index contributed by atoms with van der Waals surface area (Å²) in [7, 11) is -1.05. The second kappa shape index (κ2) is 14.4. The number of carbonyl (C=O) groups is 2. The molecule has 0 saturated heterocycles. The van der Waals surface area contributed by atoms with Crippen molar-refractivity contribution in [3.8, 4) is 11.5 Å². The topological polar surface area (TPSA) is 105 Å². The Hall–Kier alpha value is -4.05. The summed E-state index contributed by atoms with van der Waals surface area (Å²) in [5.41, 5.74) is 2.89. The zero-order chi connectivity index (χ0) is 31.0. The Morgan fingerprint density at radius 1 is 0.953 bits per heavy atom. The highest BCUT2D eigenvalue weighted by atomic mass is 32.2. The number of nitrogens with zero attached hydrogens (tertiary/aromatic N) is 2. The molecule has 9 nitrogen and oxygen atoms in total. The van der Waals surface area contributed by atoms with E-state index in [1.54, 1.807) is 12.1 Å². The lowest BCUT2D eigenvalue weighted by atomic mass is 10.0. The van der Waals surface area contributed by atoms with Gasteiger partial charge in [0, 0.05) is 25.1 Å². The summed E-state index contributed by atoms with van der Waals surface area (Å²) in [5.74, 6) is -0.0838. The van der Waals surface area contributed by atoms with Crippen molar-refractivity contribution < 1.29 is 27.5 Å². The first-order chi connectivity index (χ1) is 20.6. The smallest absolute Gasteiger partial charge is 0.244 e. The number of aryl methyl sites for hydroxylation is 1. The number of amides is 2. The van der Waals surface area contributed by atoms with Gasteiger partial charge in [0.2, 0.25) is 21.8 Å². The van der Waals surface area contributed by atoms with Crippen molar-refractivity contribution >= 4 is 27.5 Å². The number of hydrogen-bond acceptors (Lipinski definition) is 6. The maximum atomic E-state index is 14.4. The van der Waals surface area contributed by atoms with Gasteiger partial charge in [-0.15, -0.1) is 0 Å². The van der Waals surface area contributed by atoms with Crippen LogP contribution >= 0.6 is 0 Å². The zero-order valence-electron chi connectivity index (χ0n) is 25.3. The van der Waals surface area contributed by atoms with Gasteiger partial charge in [0.05, 0.1) is 26.2 Å². The predicted molar refractivity (Wildman–Crippen MR) is 168 cm³/mol. The molecule has 1 aliphatic carbocycles. The van der Waals surface area contributed by atoms with Gasteiger partial charge in [-0.25, -0.2) is 8.42 Å². The minimum absolute atomic E-state index is 0.0507. The molecule has 0 aliphatic heterocycles. The lowest BCUT2D eigenvalue weighted by molar-refractivity contribution is -0.140. The van der Waals surface area contributed by atoms with E-state index in [-0.39, 0.29) is 36.4 Å². The normalized spacial score (nSPS) is 14.1. The second-order valence-corrected chi connectivity index (χ2v) is 12.9. The Labute approximate surface area is 254 Å². The largest absolute Gasteiger partial charge is 0.497 e. The maximum Gasteiger partial charge on any atom is 0.244 e. The highest BCUT2D eigenvalue weighted by molar-refractivity contribution is 7.92. The first-order valence-electron chi connectivity index (χ1n) is 14.5. The third-order valence-corrected chi connectivity index (χ3v) is 9.03. The van der Waals surface area contributed by atoms with Crippen molar-refractivity contribution in [1.29, 1.82) is 0 Å². The van der Waals surface area contributed by atoms with Gasteiger partial charge in [-0.05, 0) is 48.6 Å². The van der Waals surface area contributed by atoms with E-state index in [1.165, 1.54) is 25.2 Å². The van der Waals surface area contributed by atoms with E-state index < -0.39 is 28.5 Å². The average molecular weight is 608 g/mol. The van der Waals surface area contributed by atoms with Gasteiger partial charge >= 0.3 is 0 Å². The molecule has 0 bridgehead atoms. The third kappa shape index (κ3) is 8.28. The number of carbonyl (C=O) groups excluding carboxylic acids is 2. The third-order valence-electron chi connectivity index (χ3n) is 7.91. The summed E-state index contributed by atoms with van der Waals surface area (Å²) in [6.45, 7) is 1.55. The minimum Gasteiger partial charge on any atom is -0.497 e. The molecule has 0 unspecified atom stereocenters. The number of ether oxygens (including phenoxy) is 2. The Bertz CT molecular complexity index is 1510. The van der Waals surface area contributed by atoms with Gasteiger partial charge in [-0.1, -0.05) is 67.4 Å². The van der Waals surface area contributed by atoms with E-state index in [9.17, 15) is 18.0 Å². The van der Waals surface area contributed by atoms with Gasteiger partial charge in [0.1, 0.15) is 24.1 Å². The van der Waals surface area contributed by atoms with Crippen molar-refractivity contribution in [2.45, 2.75) is 57.7 Å². The molecule has 0 heterocycles. The molecule has 1 N–H and O–H groups in total. The Morgan fingerprint density at radius 3 is 2.26 bits per heavy atom. The zero-order valence-corrected chi connectivity index (χ0v) is 26.1. The van der Waals surface area contributed by atoms with Crippen molar-refractivity contribution in [3.63, 3.8) is 0 Å². The van der Waals surface area contributed by atoms with Gasteiger partial charge in [0.25, 0.3) is 0 Å². The molecule has 1 aliphatic rings. The molecule has 4 rings (SSSR count). The lowest BCUT2D eigenvalue weighted by Gasteiger charge is -2.34. The standard InChI is InChI=1S/C33H41N3O6S/c1-24-12-8-9-15-26(24)22-35(30(20-25-13-6-5-7-14-25)33(38)34-27-16-10-11-17-27)32(37)23-36(43(4,39)40)29-21-28(41-2)18-19-31(29)42-3/h5-9,12-15,18-19,21,27,30H,10-11,16-17,20,22-23H2,1-4H3,(H,34,38)/t30-/m1/s1. The molecule has 10 heteroatoms. The number of nitrogens with one attached hydrogen (secondary N) is 1. The first kappa shape index (κ1) is 31.9. The molecule has 0 aromatic heterocycles. The molecule has 0 radical (unpaired) electrons. The van der Waals surface area contributed by atoms with Crippen molar-refractivity contribution in [2.75, 3.05) is 31.3 Å². The maximum absolute atomic E-state index is 14.4. The van der Waals surface area contributed by atoms with Crippen LogP contribution in [0.4, 0.5) is 5.69 Å². The SMILES string of the molecule is COc1ccc(OC)c(N(CC(=O)N(Cc2ccccc2C)[C@H](Cc2ccccc2)C(=O)NC2CCCC2)S(C)(=O)=O)c1. The Kier molecular flexibility index (Phi) is 10.7. The van der Waals surface area contributed by atoms with Crippen LogP contribution in [0.2, 0.25) is 0 Å². The number of rotatable bonds is 13. The second-order valence-electron chi connectivity index (χ2n) is 11.0. The molecule has 1 fully saturated rings. The molecule has 1 atom stereocenters. The fourth-order valence-corrected chi connectivity index (χ4v) is 6.32. The van der Waals surface area contributed by atoms with Crippen molar-refractivity contribution in [1.82, 2.24) is 10.2 Å². The Balaban J connectivity index is 1.77. The summed E-state index contributed by atoms with van der Waals surface area (Å²) in [6.07, 6.45) is 5.20. The van der Waals surface area contributed by atoms with Crippen LogP contribution in [0.3, 0.4) is 0 Å². The number of anilines is 1. The van der Waals surface area contributed by atoms with Gasteiger partial charge in [-0.2, -0.15) is 0 Å². The van der Waals surface area contributed by atoms with E-state index in [0.29, 0.717) is 5.75 Å². The molecule has 230 valence electrons. The van der Waals surface area contributed by atoms with Crippen LogP contribution < -0.4 is 19.1 Å². The number of hydrogen-bond donors (Lipinski definition) is 1. The highest BCUT2D eigenvalue weighted by Crippen LogP contribution is 2.34. The molecular weight excluding hydrogens is 566 g/mol. The van der Waals surface area contributed by atoms with Crippen molar-refractivity contribution in [3.05, 3.63) is 89.5 Å². The van der Waals surface area contributed by atoms with Crippen LogP contribution in [0.25, 0.3) is 0 Å². The lowest BCUT2D eigenvalue weighted by Crippen LogP contribution is -2.54. The van der Waals surface area contributed by atoms with Crippen LogP contribution in [0, 0.1) is 6.92 Å². The van der Waals surface area contributed by atoms with E-state index >= 15 is 0 Å². The van der Waals surface area contributed by atoms with E-state index in [4.69, 9.17) is 9.47 Å². The predicted octanol–water partition coefficient (Wildman–Crippen LogP) is 4.48. The first-order valence-corrected chi connectivity index (χ1v) is 16.3. The van der Waals surface area contributed by atoms with Gasteiger partial charge < -0.3 is 19.7 Å². The Morgan fingerprint density at radius 2 is 1.63 bits per heavy atom. The van der Waals surface area contributed by atoms with Crippen LogP contribution in [0.5, 0.6) is 11.5 Å². The van der Waals surface area contributed by atoms with Gasteiger partial charge in [-0.3, -0.25) is 13.9 Å². The average Bonchev–Trinajstić information content (AvgIpc) is 3.51. The van der Waals surface area contributed by atoms with Gasteiger partial charge in [0.15, 0.2) is 0 Å². The summed E-state index contributed by atoms with van der Waals surface area (Å²) in [4.78, 5) is 29.9. The summed E-state index contributed by atoms with van der Waals surface area (Å²) in [6, 6.07) is 21.2. The van der Waals surface area contributed by atoms with Crippen LogP contribution in [0.15, 0.2) is 72.8 Å².